The fraction of sp³-hybridized carbons (Fsp3) is 0.385. The predicted molar refractivity (Wildman–Crippen MR) is 132 cm³/mol. The molecule has 1 N–H and O–H groups in total. The van der Waals surface area contributed by atoms with Crippen molar-refractivity contribution in [2.45, 2.75) is 32.5 Å². The summed E-state index contributed by atoms with van der Waals surface area (Å²) in [6, 6.07) is 16.0. The zero-order chi connectivity index (χ0) is 25.5. The van der Waals surface area contributed by atoms with Crippen LogP contribution in [0.2, 0.25) is 0 Å². The van der Waals surface area contributed by atoms with Crippen molar-refractivity contribution in [3.05, 3.63) is 71.9 Å². The van der Waals surface area contributed by atoms with Crippen LogP contribution in [0.25, 0.3) is 0 Å². The van der Waals surface area contributed by atoms with Crippen LogP contribution in [0.3, 0.4) is 0 Å². The Morgan fingerprint density at radius 2 is 1.81 bits per heavy atom. The van der Waals surface area contributed by atoms with Gasteiger partial charge in [-0.1, -0.05) is 44.2 Å². The van der Waals surface area contributed by atoms with Crippen molar-refractivity contribution >= 4 is 17.5 Å². The van der Waals surface area contributed by atoms with E-state index < -0.39 is 11.7 Å². The third-order valence-corrected chi connectivity index (χ3v) is 6.05. The molecular formula is C26H30F3N5O2. The number of alkyl halides is 3. The number of anilines is 3. The quantitative estimate of drug-likeness (QED) is 0.374. The molecule has 0 bridgehead atoms. The van der Waals surface area contributed by atoms with Crippen molar-refractivity contribution in [3.63, 3.8) is 0 Å². The summed E-state index contributed by atoms with van der Waals surface area (Å²) in [5.41, 5.74) is 0.527. The third-order valence-electron chi connectivity index (χ3n) is 6.05. The molecule has 0 amide bonds. The molecule has 1 aromatic heterocycles. The van der Waals surface area contributed by atoms with Crippen LogP contribution in [0.4, 0.5) is 30.6 Å². The Balaban J connectivity index is 1.51. The van der Waals surface area contributed by atoms with E-state index in [4.69, 9.17) is 9.57 Å². The van der Waals surface area contributed by atoms with Gasteiger partial charge in [-0.15, -0.1) is 0 Å². The fourth-order valence-electron chi connectivity index (χ4n) is 4.05. The summed E-state index contributed by atoms with van der Waals surface area (Å²) >= 11 is 0. The molecule has 1 fully saturated rings. The summed E-state index contributed by atoms with van der Waals surface area (Å²) < 4.78 is 47.3. The number of nitrogens with one attached hydrogen (secondary N) is 1. The van der Waals surface area contributed by atoms with Crippen molar-refractivity contribution in [1.29, 1.82) is 0 Å². The number of hydrogen-bond donors (Lipinski definition) is 1. The molecule has 1 aliphatic rings. The lowest BCUT2D eigenvalue weighted by molar-refractivity contribution is -0.138. The molecule has 0 spiro atoms. The van der Waals surface area contributed by atoms with Crippen LogP contribution in [0, 0.1) is 0 Å². The van der Waals surface area contributed by atoms with Crippen LogP contribution in [-0.2, 0) is 11.0 Å². The number of ether oxygens (including phenoxy) is 1. The third kappa shape index (κ3) is 6.24. The maximum absolute atomic E-state index is 13.8. The Bertz CT molecular complexity index is 1110. The molecule has 2 heterocycles. The van der Waals surface area contributed by atoms with Gasteiger partial charge in [0.1, 0.15) is 17.9 Å². The maximum atomic E-state index is 13.8. The summed E-state index contributed by atoms with van der Waals surface area (Å²) in [5.74, 6) is 0.427. The molecule has 1 atom stereocenters. The number of hydrogen-bond acceptors (Lipinski definition) is 7. The average Bonchev–Trinajstić information content (AvgIpc) is 3.37. The molecule has 1 aliphatic heterocycles. The van der Waals surface area contributed by atoms with E-state index >= 15 is 0 Å². The second-order valence-corrected chi connectivity index (χ2v) is 8.33. The lowest BCUT2D eigenvalue weighted by atomic mass is 10.0. The monoisotopic (exact) mass is 501 g/mol. The number of rotatable bonds is 10. The van der Waals surface area contributed by atoms with E-state index in [9.17, 15) is 13.2 Å². The first-order chi connectivity index (χ1) is 17.4. The smallest absolute Gasteiger partial charge is 0.421 e. The van der Waals surface area contributed by atoms with Crippen LogP contribution >= 0.6 is 0 Å². The zero-order valence-electron chi connectivity index (χ0n) is 20.3. The molecule has 2 aromatic carbocycles. The van der Waals surface area contributed by atoms with Gasteiger partial charge in [-0.2, -0.15) is 18.2 Å². The van der Waals surface area contributed by atoms with Crippen molar-refractivity contribution < 1.29 is 22.7 Å². The van der Waals surface area contributed by atoms with Crippen LogP contribution in [0.1, 0.15) is 37.4 Å². The number of aromatic nitrogens is 2. The van der Waals surface area contributed by atoms with Gasteiger partial charge >= 0.3 is 6.18 Å². The molecule has 0 radical (unpaired) electrons. The number of benzene rings is 2. The highest BCUT2D eigenvalue weighted by Gasteiger charge is 2.40. The Morgan fingerprint density at radius 3 is 2.47 bits per heavy atom. The van der Waals surface area contributed by atoms with Crippen LogP contribution in [0.5, 0.6) is 5.75 Å². The Hall–Kier alpha value is -3.37. The molecule has 192 valence electrons. The van der Waals surface area contributed by atoms with Gasteiger partial charge in [0.05, 0.1) is 12.6 Å². The first kappa shape index (κ1) is 25.7. The van der Waals surface area contributed by atoms with E-state index in [1.54, 1.807) is 24.3 Å². The van der Waals surface area contributed by atoms with Crippen molar-refractivity contribution in [3.8, 4) is 5.75 Å². The van der Waals surface area contributed by atoms with E-state index in [1.807, 2.05) is 30.3 Å². The molecular weight excluding hydrogens is 471 g/mol. The molecule has 36 heavy (non-hydrogen) atoms. The molecule has 1 saturated heterocycles. The highest BCUT2D eigenvalue weighted by molar-refractivity contribution is 5.58. The van der Waals surface area contributed by atoms with Crippen molar-refractivity contribution in [2.24, 2.45) is 0 Å². The normalized spacial score (nSPS) is 15.9. The van der Waals surface area contributed by atoms with Gasteiger partial charge < -0.3 is 15.0 Å². The fourth-order valence-corrected chi connectivity index (χ4v) is 4.05. The van der Waals surface area contributed by atoms with Gasteiger partial charge in [0.2, 0.25) is 5.95 Å². The first-order valence-electron chi connectivity index (χ1n) is 12.0. The summed E-state index contributed by atoms with van der Waals surface area (Å²) in [5, 5.41) is 4.23. The number of hydroxylamine groups is 1. The zero-order valence-corrected chi connectivity index (χ0v) is 20.3. The number of halogens is 3. The van der Waals surface area contributed by atoms with E-state index in [0.29, 0.717) is 31.1 Å². The van der Waals surface area contributed by atoms with Crippen molar-refractivity contribution in [1.82, 2.24) is 14.9 Å². The number of nitrogens with zero attached hydrogens (tertiary/aromatic N) is 4. The van der Waals surface area contributed by atoms with Gasteiger partial charge in [0.25, 0.3) is 0 Å². The van der Waals surface area contributed by atoms with E-state index in [0.717, 1.165) is 31.4 Å². The van der Waals surface area contributed by atoms with Crippen LogP contribution < -0.4 is 15.1 Å². The minimum atomic E-state index is -4.63. The minimum Gasteiger partial charge on any atom is -0.492 e. The summed E-state index contributed by atoms with van der Waals surface area (Å²) in [7, 11) is 0. The summed E-state index contributed by atoms with van der Waals surface area (Å²) in [4.78, 5) is 16.0. The molecule has 0 saturated carbocycles. The van der Waals surface area contributed by atoms with Gasteiger partial charge in [0.15, 0.2) is 5.82 Å². The Morgan fingerprint density at radius 1 is 1.08 bits per heavy atom. The lowest BCUT2D eigenvalue weighted by Gasteiger charge is -2.26. The van der Waals surface area contributed by atoms with Crippen LogP contribution in [-0.4, -0.2) is 47.7 Å². The molecule has 10 heteroatoms. The predicted octanol–water partition coefficient (Wildman–Crippen LogP) is 5.84. The van der Waals surface area contributed by atoms with Gasteiger partial charge in [-0.3, -0.25) is 4.84 Å². The molecule has 0 aliphatic carbocycles. The highest BCUT2D eigenvalue weighted by atomic mass is 19.4. The topological polar surface area (TPSA) is 62.8 Å². The number of likely N-dealkylation sites (N-methyl/N-ethyl adjacent to an activating group) is 1. The molecule has 1 unspecified atom stereocenters. The van der Waals surface area contributed by atoms with Gasteiger partial charge in [0, 0.05) is 24.8 Å². The summed E-state index contributed by atoms with van der Waals surface area (Å²) in [6.45, 7) is 7.83. The van der Waals surface area contributed by atoms with Crippen molar-refractivity contribution in [2.75, 3.05) is 43.2 Å². The molecule has 4 rings (SSSR count). The maximum Gasteiger partial charge on any atom is 0.421 e. The summed E-state index contributed by atoms with van der Waals surface area (Å²) in [6.07, 6.45) is -3.30. The Kier molecular flexibility index (Phi) is 8.27. The van der Waals surface area contributed by atoms with E-state index in [2.05, 4.69) is 34.0 Å². The average molecular weight is 502 g/mol. The minimum absolute atomic E-state index is 0.0375. The highest BCUT2D eigenvalue weighted by Crippen LogP contribution is 2.41. The SMILES string of the molecule is CCN(CC)CCOc1ccc(Nc2ncc(C(F)(F)F)c(N3OCCC3c3ccccc3)n2)cc1. The largest absolute Gasteiger partial charge is 0.492 e. The van der Waals surface area contributed by atoms with E-state index in [1.165, 1.54) is 5.06 Å². The Labute approximate surface area is 208 Å². The second-order valence-electron chi connectivity index (χ2n) is 8.33. The standard InChI is InChI=1S/C26H30F3N5O2/c1-3-33(4-2)15-17-35-21-12-10-20(11-13-21)31-25-30-18-22(26(27,28)29)24(32-25)34-23(14-16-36-34)19-8-6-5-7-9-19/h5-13,18,23H,3-4,14-17H2,1-2H3,(H,30,31,32). The van der Waals surface area contributed by atoms with E-state index in [-0.39, 0.29) is 17.8 Å². The van der Waals surface area contributed by atoms with Crippen LogP contribution in [0.15, 0.2) is 60.8 Å². The molecule has 3 aromatic rings. The second kappa shape index (κ2) is 11.6. The first-order valence-corrected chi connectivity index (χ1v) is 12.0. The molecule has 7 nitrogen and oxygen atoms in total. The van der Waals surface area contributed by atoms with Gasteiger partial charge in [-0.05, 0) is 42.9 Å². The van der Waals surface area contributed by atoms with Gasteiger partial charge in [-0.25, -0.2) is 10.0 Å². The lowest BCUT2D eigenvalue weighted by Crippen LogP contribution is -2.27.